The summed E-state index contributed by atoms with van der Waals surface area (Å²) in [6, 6.07) is -0.558. The highest BCUT2D eigenvalue weighted by Gasteiger charge is 2.20. The molecule has 4 heteroatoms. The normalized spacial score (nSPS) is 23.0. The lowest BCUT2D eigenvalue weighted by Gasteiger charge is -2.16. The zero-order valence-electron chi connectivity index (χ0n) is 6.44. The third kappa shape index (κ3) is 2.97. The number of allylic oxidation sites excluding steroid dienone is 3. The van der Waals surface area contributed by atoms with Crippen LogP contribution in [0.4, 0.5) is 0 Å². The van der Waals surface area contributed by atoms with Crippen LogP contribution in [0.25, 0.3) is 0 Å². The number of rotatable bonds is 2. The predicted molar refractivity (Wildman–Crippen MR) is 52.5 cm³/mol. The van der Waals surface area contributed by atoms with Gasteiger partial charge >= 0.3 is 0 Å². The van der Waals surface area contributed by atoms with Crippen molar-refractivity contribution in [2.75, 3.05) is 0 Å². The number of hydrogen-bond acceptors (Lipinski definition) is 2. The van der Waals surface area contributed by atoms with Gasteiger partial charge in [0.2, 0.25) is 5.24 Å². The van der Waals surface area contributed by atoms with Crippen molar-refractivity contribution in [2.45, 2.75) is 12.5 Å². The molecule has 1 rings (SSSR count). The van der Waals surface area contributed by atoms with Crippen LogP contribution in [0.5, 0.6) is 0 Å². The first-order valence-electron chi connectivity index (χ1n) is 3.50. The number of hydrogen-bond donors (Lipinski definition) is 1. The molecule has 0 saturated heterocycles. The van der Waals surface area contributed by atoms with Crippen LogP contribution in [-0.4, -0.2) is 11.3 Å². The fraction of sp³-hybridized carbons (Fsp3) is 0.375. The Morgan fingerprint density at radius 3 is 2.67 bits per heavy atom. The van der Waals surface area contributed by atoms with E-state index in [0.29, 0.717) is 0 Å². The highest BCUT2D eigenvalue weighted by molar-refractivity contribution is 6.64. The second kappa shape index (κ2) is 5.36. The predicted octanol–water partition coefficient (Wildman–Crippen LogP) is 1.63. The van der Waals surface area contributed by atoms with Crippen LogP contribution < -0.4 is 5.73 Å². The second-order valence-electron chi connectivity index (χ2n) is 2.54. The molecule has 0 aromatic heterocycles. The summed E-state index contributed by atoms with van der Waals surface area (Å²) >= 11 is 5.24. The molecule has 2 N–H and O–H groups in total. The molecule has 0 aromatic carbocycles. The number of carbonyl (C=O) groups is 1. The van der Waals surface area contributed by atoms with E-state index in [2.05, 4.69) is 0 Å². The highest BCUT2D eigenvalue weighted by atomic mass is 35.5. The SMILES string of the molecule is Cl.N[C@H](C(=O)Cl)C1C=CC=CC1. The standard InChI is InChI=1S/C8H10ClNO.ClH/c9-8(11)7(10)6-4-2-1-3-5-6;/h1-4,6-7H,5,10H2;1H/t6?,7-;/m0./s1. The van der Waals surface area contributed by atoms with Crippen molar-refractivity contribution in [1.29, 1.82) is 0 Å². The van der Waals surface area contributed by atoms with E-state index in [-0.39, 0.29) is 18.3 Å². The van der Waals surface area contributed by atoms with Crippen molar-refractivity contribution in [3.8, 4) is 0 Å². The molecule has 0 bridgehead atoms. The molecule has 1 aliphatic rings. The minimum atomic E-state index is -0.558. The van der Waals surface area contributed by atoms with Gasteiger partial charge in [-0.25, -0.2) is 0 Å². The van der Waals surface area contributed by atoms with E-state index < -0.39 is 11.3 Å². The summed E-state index contributed by atoms with van der Waals surface area (Å²) in [4.78, 5) is 10.6. The molecular weight excluding hydrogens is 197 g/mol. The molecule has 0 aromatic rings. The fourth-order valence-corrected chi connectivity index (χ4v) is 1.20. The first-order valence-corrected chi connectivity index (χ1v) is 3.88. The third-order valence-corrected chi connectivity index (χ3v) is 1.99. The van der Waals surface area contributed by atoms with Crippen LogP contribution in [0.2, 0.25) is 0 Å². The van der Waals surface area contributed by atoms with E-state index in [1.165, 1.54) is 0 Å². The molecule has 0 aliphatic heterocycles. The van der Waals surface area contributed by atoms with Gasteiger partial charge in [-0.1, -0.05) is 24.3 Å². The van der Waals surface area contributed by atoms with E-state index in [9.17, 15) is 4.79 Å². The maximum atomic E-state index is 10.6. The Morgan fingerprint density at radius 1 is 1.58 bits per heavy atom. The van der Waals surface area contributed by atoms with Crippen LogP contribution in [0.1, 0.15) is 6.42 Å². The Hall–Kier alpha value is -0.310. The van der Waals surface area contributed by atoms with Crippen LogP contribution >= 0.6 is 24.0 Å². The summed E-state index contributed by atoms with van der Waals surface area (Å²) in [5, 5.41) is -0.463. The molecule has 2 atom stereocenters. The monoisotopic (exact) mass is 207 g/mol. The topological polar surface area (TPSA) is 43.1 Å². The average Bonchev–Trinajstić information content (AvgIpc) is 2.05. The van der Waals surface area contributed by atoms with Crippen LogP contribution in [0.15, 0.2) is 24.3 Å². The summed E-state index contributed by atoms with van der Waals surface area (Å²) in [6.07, 6.45) is 8.50. The minimum Gasteiger partial charge on any atom is -0.320 e. The number of carbonyl (C=O) groups excluding carboxylic acids is 1. The van der Waals surface area contributed by atoms with E-state index in [0.717, 1.165) is 6.42 Å². The summed E-state index contributed by atoms with van der Waals surface area (Å²) < 4.78 is 0. The van der Waals surface area contributed by atoms with Crippen molar-refractivity contribution in [3.05, 3.63) is 24.3 Å². The Morgan fingerprint density at radius 2 is 2.25 bits per heavy atom. The molecule has 0 amide bonds. The molecule has 1 aliphatic carbocycles. The van der Waals surface area contributed by atoms with Crippen LogP contribution in [0.3, 0.4) is 0 Å². The van der Waals surface area contributed by atoms with Crippen molar-refractivity contribution >= 4 is 29.3 Å². The highest BCUT2D eigenvalue weighted by Crippen LogP contribution is 2.15. The quantitative estimate of drug-likeness (QED) is 0.701. The molecule has 1 unspecified atom stereocenters. The van der Waals surface area contributed by atoms with E-state index in [4.69, 9.17) is 17.3 Å². The first-order chi connectivity index (χ1) is 5.22. The summed E-state index contributed by atoms with van der Waals surface area (Å²) in [6.45, 7) is 0. The maximum Gasteiger partial charge on any atom is 0.238 e. The van der Waals surface area contributed by atoms with Gasteiger partial charge in [-0.2, -0.15) is 0 Å². The number of nitrogens with two attached hydrogens (primary N) is 1. The van der Waals surface area contributed by atoms with Crippen LogP contribution in [-0.2, 0) is 4.79 Å². The smallest absolute Gasteiger partial charge is 0.238 e. The maximum absolute atomic E-state index is 10.6. The number of halogens is 2. The zero-order valence-corrected chi connectivity index (χ0v) is 8.02. The molecule has 0 radical (unpaired) electrons. The van der Waals surface area contributed by atoms with Gasteiger partial charge < -0.3 is 5.73 Å². The summed E-state index contributed by atoms with van der Waals surface area (Å²) in [7, 11) is 0. The van der Waals surface area contributed by atoms with Crippen molar-refractivity contribution < 1.29 is 4.79 Å². The first kappa shape index (κ1) is 11.7. The molecule has 0 fully saturated rings. The lowest BCUT2D eigenvalue weighted by molar-refractivity contribution is -0.113. The molecule has 2 nitrogen and oxygen atoms in total. The van der Waals surface area contributed by atoms with Crippen molar-refractivity contribution in [3.63, 3.8) is 0 Å². The van der Waals surface area contributed by atoms with Crippen LogP contribution in [0, 0.1) is 5.92 Å². The van der Waals surface area contributed by atoms with Gasteiger partial charge in [0.15, 0.2) is 0 Å². The van der Waals surface area contributed by atoms with E-state index in [1.54, 1.807) is 0 Å². The lowest BCUT2D eigenvalue weighted by Crippen LogP contribution is -2.34. The average molecular weight is 208 g/mol. The van der Waals surface area contributed by atoms with Gasteiger partial charge in [0.05, 0.1) is 6.04 Å². The summed E-state index contributed by atoms with van der Waals surface area (Å²) in [5.74, 6) is 0.0741. The van der Waals surface area contributed by atoms with Crippen molar-refractivity contribution in [2.24, 2.45) is 11.7 Å². The molecule has 0 heterocycles. The van der Waals surface area contributed by atoms with Gasteiger partial charge in [-0.3, -0.25) is 4.79 Å². The molecule has 68 valence electrons. The Balaban J connectivity index is 0.00000121. The van der Waals surface area contributed by atoms with E-state index in [1.807, 2.05) is 24.3 Å². The molecule has 0 saturated carbocycles. The largest absolute Gasteiger partial charge is 0.320 e. The Bertz CT molecular complexity index is 213. The minimum absolute atomic E-state index is 0. The lowest BCUT2D eigenvalue weighted by atomic mass is 9.94. The van der Waals surface area contributed by atoms with Crippen molar-refractivity contribution in [1.82, 2.24) is 0 Å². The molecular formula is C8H11Cl2NO. The van der Waals surface area contributed by atoms with Gasteiger partial charge in [0.1, 0.15) is 0 Å². The van der Waals surface area contributed by atoms with Gasteiger partial charge in [0.25, 0.3) is 0 Å². The second-order valence-corrected chi connectivity index (χ2v) is 2.92. The summed E-state index contributed by atoms with van der Waals surface area (Å²) in [5.41, 5.74) is 5.52. The van der Waals surface area contributed by atoms with E-state index >= 15 is 0 Å². The van der Waals surface area contributed by atoms with Gasteiger partial charge in [-0.15, -0.1) is 12.4 Å². The third-order valence-electron chi connectivity index (χ3n) is 1.74. The Labute approximate surface area is 82.9 Å². The van der Waals surface area contributed by atoms with Gasteiger partial charge in [0, 0.05) is 5.92 Å². The molecule has 12 heavy (non-hydrogen) atoms. The Kier molecular flexibility index (Phi) is 5.22. The molecule has 0 spiro atoms. The fourth-order valence-electron chi connectivity index (χ4n) is 1.03. The van der Waals surface area contributed by atoms with Gasteiger partial charge in [-0.05, 0) is 18.0 Å². The zero-order chi connectivity index (χ0) is 8.27.